The van der Waals surface area contributed by atoms with Gasteiger partial charge in [-0.25, -0.2) is 19.2 Å². The van der Waals surface area contributed by atoms with Gasteiger partial charge in [0.15, 0.2) is 23.1 Å². The van der Waals surface area contributed by atoms with Crippen LogP contribution in [0.25, 0.3) is 0 Å². The summed E-state index contributed by atoms with van der Waals surface area (Å²) < 4.78 is 35.2. The number of aliphatic hydroxyl groups is 6. The molecule has 0 aromatic heterocycles. The maximum atomic E-state index is 14.0. The number of ether oxygens (including phenoxy) is 6. The van der Waals surface area contributed by atoms with Crippen LogP contribution in [-0.2, 0) is 57.2 Å². The lowest BCUT2D eigenvalue weighted by atomic mass is 9.38. The second kappa shape index (κ2) is 12.1. The minimum atomic E-state index is -2.32. The summed E-state index contributed by atoms with van der Waals surface area (Å²) in [5.41, 5.74) is -4.61. The summed E-state index contributed by atoms with van der Waals surface area (Å²) in [6, 6.07) is 0. The Morgan fingerprint density at radius 1 is 0.650 bits per heavy atom. The first-order chi connectivity index (χ1) is 28.0. The van der Waals surface area contributed by atoms with Crippen LogP contribution in [0.4, 0.5) is 0 Å². The summed E-state index contributed by atoms with van der Waals surface area (Å²) in [7, 11) is 0. The third-order valence-corrected chi connectivity index (χ3v) is 17.9. The van der Waals surface area contributed by atoms with Crippen molar-refractivity contribution in [3.05, 3.63) is 23.3 Å². The highest BCUT2D eigenvalue weighted by Gasteiger charge is 2.85. The van der Waals surface area contributed by atoms with E-state index in [1.165, 1.54) is 26.0 Å². The van der Waals surface area contributed by atoms with Crippen molar-refractivity contribution in [2.45, 2.75) is 115 Å². The van der Waals surface area contributed by atoms with Gasteiger partial charge >= 0.3 is 23.9 Å². The van der Waals surface area contributed by atoms with Crippen molar-refractivity contribution in [2.24, 2.45) is 69.0 Å². The number of ketones is 2. The van der Waals surface area contributed by atoms with Gasteiger partial charge in [-0.2, -0.15) is 0 Å². The van der Waals surface area contributed by atoms with Gasteiger partial charge in [0.25, 0.3) is 0 Å². The lowest BCUT2D eigenvalue weighted by Crippen LogP contribution is -2.78. The molecule has 0 unspecified atom stereocenters. The van der Waals surface area contributed by atoms with Crippen LogP contribution < -0.4 is 0 Å². The standard InChI is InChI=1S/C42H50O18/c1-13-7-19(43)29(47)37(5)17(13)9-21-39-11-55-41(53,35(37)39)27(45)15(3)23(39)25(31(49)57-21)59-33(51)34(52)60-26-24-16(4)28(46)42(54)36-38(6)18(14(2)8-20(44)30(38)48)10-22(58-32(26)50)40(24,36)12-56-42/h7-8,15-18,21-30,35-36,45-48,53-54H,9-12H2,1-6H3/t15-,16-,17+,18+,21-,22-,23-,24-,25-,26-,27-,28-,29-,30-,35-,36-,37-,38-,39+,40+,41+,42+/m1/s1. The smallest absolute Gasteiger partial charge is 0.418 e. The van der Waals surface area contributed by atoms with Gasteiger partial charge in [-0.15, -0.1) is 0 Å². The van der Waals surface area contributed by atoms with E-state index in [0.29, 0.717) is 11.1 Å². The molecule has 4 aliphatic heterocycles. The Labute approximate surface area is 343 Å². The van der Waals surface area contributed by atoms with E-state index in [1.54, 1.807) is 27.7 Å². The van der Waals surface area contributed by atoms with Crippen LogP contribution in [0.3, 0.4) is 0 Å². The zero-order chi connectivity index (χ0) is 43.3. The molecule has 4 bridgehead atoms. The number of rotatable bonds is 2. The van der Waals surface area contributed by atoms with E-state index in [9.17, 15) is 59.4 Å². The summed E-state index contributed by atoms with van der Waals surface area (Å²) in [6.45, 7) is 8.98. The highest BCUT2D eigenvalue weighted by atomic mass is 16.7. The molecule has 22 atom stereocenters. The van der Waals surface area contributed by atoms with Crippen LogP contribution in [0.15, 0.2) is 23.3 Å². The minimum absolute atomic E-state index is 0.103. The molecule has 8 fully saturated rings. The number of hydrogen-bond acceptors (Lipinski definition) is 18. The molecule has 2 spiro atoms. The molecule has 18 heteroatoms. The fraction of sp³-hybridized carbons (Fsp3) is 0.762. The quantitative estimate of drug-likeness (QED) is 0.104. The molecule has 4 saturated heterocycles. The highest BCUT2D eigenvalue weighted by Crippen LogP contribution is 2.75. The summed E-state index contributed by atoms with van der Waals surface area (Å²) in [4.78, 5) is 82.0. The van der Waals surface area contributed by atoms with E-state index in [4.69, 9.17) is 28.4 Å². The first-order valence-corrected chi connectivity index (χ1v) is 20.7. The molecule has 10 rings (SSSR count). The monoisotopic (exact) mass is 842 g/mol. The Morgan fingerprint density at radius 3 is 1.35 bits per heavy atom. The van der Waals surface area contributed by atoms with Crippen molar-refractivity contribution in [3.8, 4) is 0 Å². The normalized spacial score (nSPS) is 56.7. The molecule has 0 radical (unpaired) electrons. The van der Waals surface area contributed by atoms with Gasteiger partial charge in [0, 0.05) is 45.3 Å². The van der Waals surface area contributed by atoms with Crippen molar-refractivity contribution in [3.63, 3.8) is 0 Å². The molecule has 6 N–H and O–H groups in total. The van der Waals surface area contributed by atoms with E-state index in [1.807, 2.05) is 0 Å². The molecule has 326 valence electrons. The maximum absolute atomic E-state index is 14.0. The zero-order valence-electron chi connectivity index (χ0n) is 33.8. The average Bonchev–Trinajstić information content (AvgIpc) is 3.65. The van der Waals surface area contributed by atoms with Crippen LogP contribution in [0.5, 0.6) is 0 Å². The number of hydrogen-bond donors (Lipinski definition) is 6. The molecule has 0 amide bonds. The van der Waals surface area contributed by atoms with Crippen LogP contribution in [0.2, 0.25) is 0 Å². The largest absolute Gasteiger partial charge is 0.459 e. The molecule has 0 aromatic rings. The topological polar surface area (TPSA) is 279 Å². The maximum Gasteiger partial charge on any atom is 0.418 e. The molecule has 4 heterocycles. The second-order valence-electron chi connectivity index (χ2n) is 20.0. The van der Waals surface area contributed by atoms with Crippen LogP contribution in [-0.4, -0.2) is 140 Å². The molecule has 10 aliphatic rings. The van der Waals surface area contributed by atoms with Gasteiger partial charge in [0.2, 0.25) is 12.2 Å². The number of aliphatic hydroxyl groups excluding tert-OH is 4. The first kappa shape index (κ1) is 40.5. The third kappa shape index (κ3) is 4.28. The lowest BCUT2D eigenvalue weighted by molar-refractivity contribution is -0.340. The summed E-state index contributed by atoms with van der Waals surface area (Å²) >= 11 is 0. The lowest BCUT2D eigenvalue weighted by Gasteiger charge is -2.68. The zero-order valence-corrected chi connectivity index (χ0v) is 33.8. The van der Waals surface area contributed by atoms with Gasteiger partial charge in [-0.3, -0.25) is 9.59 Å². The Morgan fingerprint density at radius 2 is 1.00 bits per heavy atom. The fourth-order valence-electron chi connectivity index (χ4n) is 15.8. The highest BCUT2D eigenvalue weighted by molar-refractivity contribution is 6.30. The first-order valence-electron chi connectivity index (χ1n) is 20.7. The summed E-state index contributed by atoms with van der Waals surface area (Å²) in [6.07, 6.45) is -9.72. The van der Waals surface area contributed by atoms with Gasteiger partial charge < -0.3 is 59.1 Å². The number of esters is 4. The Balaban J connectivity index is 0.978. The van der Waals surface area contributed by atoms with Gasteiger partial charge in [-0.1, -0.05) is 38.8 Å². The van der Waals surface area contributed by atoms with E-state index < -0.39 is 165 Å². The number of carbonyl (C=O) groups is 6. The Kier molecular flexibility index (Phi) is 8.15. The number of carbonyl (C=O) groups excluding carboxylic acids is 6. The number of allylic oxidation sites excluding steroid dienone is 2. The third-order valence-electron chi connectivity index (χ3n) is 17.9. The predicted octanol–water partition coefficient (Wildman–Crippen LogP) is -1.61. The van der Waals surface area contributed by atoms with E-state index >= 15 is 0 Å². The SMILES string of the molecule is CC1=CC(=O)[C@@H](O)[C@]2(C)[C@H]3[C@@]4(O)OC[C@]35[C@H]([C@@H](C)[C@H]4O)[C@@H](OC(=O)C(=O)O[C@H]3C(=O)O[C@@H]4C[C@H]6C(C)=CC(=O)[C@@H](O)[C@]6(C)[C@H]6[C@@]7(O)OC[C@]64[C@@H]3[C@@H](C)[C@H]7O)C(=O)O[C@@H]5C[C@@H]12. The number of fused-ring (bicyclic) bond motifs is 2. The summed E-state index contributed by atoms with van der Waals surface area (Å²) in [5, 5.41) is 70.8. The van der Waals surface area contributed by atoms with Gasteiger partial charge in [-0.05, 0) is 62.5 Å². The average molecular weight is 843 g/mol. The van der Waals surface area contributed by atoms with E-state index in [2.05, 4.69) is 0 Å². The second-order valence-corrected chi connectivity index (χ2v) is 20.0. The fourth-order valence-corrected chi connectivity index (χ4v) is 15.8. The van der Waals surface area contributed by atoms with Crippen molar-refractivity contribution >= 4 is 35.4 Å². The van der Waals surface area contributed by atoms with Crippen molar-refractivity contribution in [1.29, 1.82) is 0 Å². The molecule has 4 saturated carbocycles. The summed E-state index contributed by atoms with van der Waals surface area (Å²) in [5.74, 6) is -19.6. The van der Waals surface area contributed by atoms with Crippen LogP contribution >= 0.6 is 0 Å². The Bertz CT molecular complexity index is 1970. The van der Waals surface area contributed by atoms with Crippen LogP contribution in [0.1, 0.15) is 54.4 Å². The van der Waals surface area contributed by atoms with E-state index in [-0.39, 0.29) is 26.1 Å². The molecule has 18 nitrogen and oxygen atoms in total. The van der Waals surface area contributed by atoms with Gasteiger partial charge in [0.1, 0.15) is 36.6 Å². The molecule has 60 heavy (non-hydrogen) atoms. The predicted molar refractivity (Wildman–Crippen MR) is 192 cm³/mol. The van der Waals surface area contributed by atoms with Crippen LogP contribution in [0, 0.1) is 69.0 Å². The Hall–Kier alpha value is -3.62. The van der Waals surface area contributed by atoms with Crippen molar-refractivity contribution in [2.75, 3.05) is 13.2 Å². The van der Waals surface area contributed by atoms with Crippen molar-refractivity contribution in [1.82, 2.24) is 0 Å². The molecule has 0 aromatic carbocycles. The minimum Gasteiger partial charge on any atom is -0.459 e. The molecule has 6 aliphatic carbocycles. The van der Waals surface area contributed by atoms with Gasteiger partial charge in [0.05, 0.1) is 13.2 Å². The van der Waals surface area contributed by atoms with E-state index in [0.717, 1.165) is 0 Å². The molecular weight excluding hydrogens is 792 g/mol. The van der Waals surface area contributed by atoms with Crippen molar-refractivity contribution < 1.29 is 87.8 Å². The molecular formula is C42H50O18.